The number of nitrogens with zero attached hydrogens (tertiary/aromatic N) is 2. The summed E-state index contributed by atoms with van der Waals surface area (Å²) in [4.78, 5) is 30.1. The third kappa shape index (κ3) is 4.94. The number of pyridine rings is 2. The van der Waals surface area contributed by atoms with Crippen LogP contribution in [0.5, 0.6) is 0 Å². The van der Waals surface area contributed by atoms with E-state index in [4.69, 9.17) is 9.84 Å². The summed E-state index contributed by atoms with van der Waals surface area (Å²) in [5, 5.41) is 8.72. The Morgan fingerprint density at radius 2 is 1.32 bits per heavy atom. The van der Waals surface area contributed by atoms with Crippen LogP contribution in [-0.2, 0) is 30.4 Å². The molecule has 0 saturated carbocycles. The molecule has 28 heavy (non-hydrogen) atoms. The molecule has 2 aliphatic rings. The van der Waals surface area contributed by atoms with E-state index >= 15 is 0 Å². The minimum Gasteiger partial charge on any atom is -0.477 e. The third-order valence-corrected chi connectivity index (χ3v) is 5.15. The first-order valence-electron chi connectivity index (χ1n) is 9.94. The minimum absolute atomic E-state index is 0.167. The molecule has 2 heterocycles. The van der Waals surface area contributed by atoms with Crippen LogP contribution in [0.3, 0.4) is 0 Å². The van der Waals surface area contributed by atoms with Crippen molar-refractivity contribution in [2.45, 2.75) is 58.3 Å². The third-order valence-electron chi connectivity index (χ3n) is 5.15. The number of carbonyl (C=O) groups excluding carboxylic acids is 1. The van der Waals surface area contributed by atoms with Crippen molar-refractivity contribution in [2.75, 3.05) is 6.61 Å². The fourth-order valence-electron chi connectivity index (χ4n) is 3.66. The van der Waals surface area contributed by atoms with E-state index in [-0.39, 0.29) is 11.7 Å². The molecule has 0 radical (unpaired) electrons. The maximum atomic E-state index is 11.4. The molecule has 1 N–H and O–H groups in total. The van der Waals surface area contributed by atoms with Crippen LogP contribution in [0.1, 0.15) is 75.8 Å². The van der Waals surface area contributed by atoms with Gasteiger partial charge in [0.15, 0.2) is 0 Å². The first-order valence-corrected chi connectivity index (χ1v) is 9.94. The van der Waals surface area contributed by atoms with Gasteiger partial charge in [-0.2, -0.15) is 0 Å². The molecule has 2 aromatic heterocycles. The van der Waals surface area contributed by atoms with Gasteiger partial charge in [0.1, 0.15) is 11.4 Å². The molecule has 0 atom stereocenters. The van der Waals surface area contributed by atoms with Crippen LogP contribution < -0.4 is 0 Å². The van der Waals surface area contributed by atoms with E-state index in [9.17, 15) is 9.59 Å². The monoisotopic (exact) mass is 382 g/mol. The topological polar surface area (TPSA) is 89.4 Å². The number of aryl methyl sites for hydroxylation is 4. The molecule has 0 aliphatic heterocycles. The van der Waals surface area contributed by atoms with Gasteiger partial charge in [-0.25, -0.2) is 19.6 Å². The highest BCUT2D eigenvalue weighted by atomic mass is 16.5. The van der Waals surface area contributed by atoms with Gasteiger partial charge < -0.3 is 9.84 Å². The lowest BCUT2D eigenvalue weighted by Crippen LogP contribution is -2.11. The molecule has 0 spiro atoms. The fraction of sp³-hybridized carbons (Fsp3) is 0.455. The van der Waals surface area contributed by atoms with Gasteiger partial charge in [0.25, 0.3) is 0 Å². The number of hydrogen-bond acceptors (Lipinski definition) is 5. The second-order valence-corrected chi connectivity index (χ2v) is 7.12. The van der Waals surface area contributed by atoms with E-state index in [1.807, 2.05) is 12.3 Å². The maximum absolute atomic E-state index is 11.4. The Balaban J connectivity index is 0.000000162. The largest absolute Gasteiger partial charge is 0.477 e. The normalized spacial score (nSPS) is 14.8. The molecular weight excluding hydrogens is 356 g/mol. The second-order valence-electron chi connectivity index (χ2n) is 7.12. The Morgan fingerprint density at radius 1 is 0.857 bits per heavy atom. The van der Waals surface area contributed by atoms with Gasteiger partial charge in [0, 0.05) is 12.4 Å². The van der Waals surface area contributed by atoms with Crippen LogP contribution in [-0.4, -0.2) is 33.6 Å². The number of rotatable bonds is 3. The van der Waals surface area contributed by atoms with E-state index in [0.717, 1.165) is 32.1 Å². The molecule has 0 unspecified atom stereocenters. The zero-order valence-corrected chi connectivity index (χ0v) is 16.2. The average molecular weight is 382 g/mol. The predicted molar refractivity (Wildman–Crippen MR) is 105 cm³/mol. The number of hydrogen-bond donors (Lipinski definition) is 1. The van der Waals surface area contributed by atoms with Crippen LogP contribution in [0.25, 0.3) is 0 Å². The van der Waals surface area contributed by atoms with Crippen molar-refractivity contribution < 1.29 is 19.4 Å². The summed E-state index contributed by atoms with van der Waals surface area (Å²) in [6, 6.07) is 3.59. The number of carbonyl (C=O) groups is 2. The Kier molecular flexibility index (Phi) is 6.74. The van der Waals surface area contributed by atoms with Crippen molar-refractivity contribution in [2.24, 2.45) is 0 Å². The van der Waals surface area contributed by atoms with E-state index in [1.54, 1.807) is 19.2 Å². The molecule has 148 valence electrons. The molecule has 6 nitrogen and oxygen atoms in total. The number of fused-ring (bicyclic) bond motifs is 2. The molecule has 0 aromatic carbocycles. The number of aromatic nitrogens is 2. The number of esters is 1. The van der Waals surface area contributed by atoms with Crippen molar-refractivity contribution in [1.82, 2.24) is 9.97 Å². The van der Waals surface area contributed by atoms with Gasteiger partial charge in [-0.1, -0.05) is 0 Å². The quantitative estimate of drug-likeness (QED) is 0.812. The summed E-state index contributed by atoms with van der Waals surface area (Å²) >= 11 is 0. The molecule has 0 bridgehead atoms. The first kappa shape index (κ1) is 20.0. The number of carboxylic acids is 1. The first-order chi connectivity index (χ1) is 13.6. The van der Waals surface area contributed by atoms with Crippen LogP contribution in [0.4, 0.5) is 0 Å². The number of carboxylic acid groups (broad SMARTS) is 1. The van der Waals surface area contributed by atoms with E-state index in [0.29, 0.717) is 12.3 Å². The average Bonchev–Trinajstić information content (AvgIpc) is 2.73. The summed E-state index contributed by atoms with van der Waals surface area (Å²) < 4.78 is 4.92. The smallest absolute Gasteiger partial charge is 0.356 e. The molecule has 2 aliphatic carbocycles. The van der Waals surface area contributed by atoms with Crippen LogP contribution in [0, 0.1) is 0 Å². The molecule has 0 saturated heterocycles. The molecule has 6 heteroatoms. The number of ether oxygens (including phenoxy) is 1. The van der Waals surface area contributed by atoms with Crippen molar-refractivity contribution in [3.63, 3.8) is 0 Å². The number of aromatic carboxylic acids is 1. The highest BCUT2D eigenvalue weighted by molar-refractivity contribution is 5.87. The second kappa shape index (κ2) is 9.44. The van der Waals surface area contributed by atoms with Crippen molar-refractivity contribution in [3.8, 4) is 0 Å². The lowest BCUT2D eigenvalue weighted by Gasteiger charge is -2.15. The molecule has 0 amide bonds. The van der Waals surface area contributed by atoms with Crippen LogP contribution >= 0.6 is 0 Å². The molecule has 4 rings (SSSR count). The Hall–Kier alpha value is -2.76. The summed E-state index contributed by atoms with van der Waals surface area (Å²) in [6.45, 7) is 2.20. The lowest BCUT2D eigenvalue weighted by molar-refractivity contribution is 0.0518. The van der Waals surface area contributed by atoms with Gasteiger partial charge in [-0.15, -0.1) is 0 Å². The van der Waals surface area contributed by atoms with Gasteiger partial charge in [-0.05, 0) is 92.7 Å². The standard InChI is InChI=1S/C12H15NO2.C10H11NO2/c1-2-15-12(14)11-7-9-5-3-4-6-10(9)8-13-11;12-10(13)9-5-7-3-1-2-4-8(7)6-11-9/h7-8H,2-6H2,1H3;5-6H,1-4H2,(H,12,13). The molecule has 0 fully saturated rings. The SMILES string of the molecule is CCOC(=O)c1cc2c(cn1)CCCC2.O=C(O)c1cc2c(cn1)CCCC2. The van der Waals surface area contributed by atoms with E-state index < -0.39 is 5.97 Å². The van der Waals surface area contributed by atoms with Gasteiger partial charge >= 0.3 is 11.9 Å². The maximum Gasteiger partial charge on any atom is 0.356 e. The van der Waals surface area contributed by atoms with Crippen molar-refractivity contribution in [1.29, 1.82) is 0 Å². The van der Waals surface area contributed by atoms with Gasteiger partial charge in [-0.3, -0.25) is 0 Å². The summed E-state index contributed by atoms with van der Waals surface area (Å²) in [6.07, 6.45) is 12.5. The lowest BCUT2D eigenvalue weighted by atomic mass is 9.93. The Morgan fingerprint density at radius 3 is 1.82 bits per heavy atom. The zero-order chi connectivity index (χ0) is 19.9. The predicted octanol–water partition coefficient (Wildman–Crippen LogP) is 3.80. The molecular formula is C22H26N2O4. The Bertz CT molecular complexity index is 864. The zero-order valence-electron chi connectivity index (χ0n) is 16.2. The summed E-state index contributed by atoms with van der Waals surface area (Å²) in [7, 11) is 0. The molecule has 2 aromatic rings. The highest BCUT2D eigenvalue weighted by Crippen LogP contribution is 2.21. The van der Waals surface area contributed by atoms with Crippen molar-refractivity contribution >= 4 is 11.9 Å². The summed E-state index contributed by atoms with van der Waals surface area (Å²) in [5.41, 5.74) is 5.54. The van der Waals surface area contributed by atoms with Gasteiger partial charge in [0.05, 0.1) is 6.61 Å². The minimum atomic E-state index is -0.937. The van der Waals surface area contributed by atoms with Gasteiger partial charge in [0.2, 0.25) is 0 Å². The Labute approximate surface area is 165 Å². The summed E-state index contributed by atoms with van der Waals surface area (Å²) in [5.74, 6) is -1.25. The van der Waals surface area contributed by atoms with Crippen LogP contribution in [0.2, 0.25) is 0 Å². The van der Waals surface area contributed by atoms with Crippen LogP contribution in [0.15, 0.2) is 24.5 Å². The highest BCUT2D eigenvalue weighted by Gasteiger charge is 2.15. The van der Waals surface area contributed by atoms with Crippen molar-refractivity contribution in [3.05, 3.63) is 58.2 Å². The fourth-order valence-corrected chi connectivity index (χ4v) is 3.66. The van der Waals surface area contributed by atoms with E-state index in [1.165, 1.54) is 41.5 Å². The van der Waals surface area contributed by atoms with E-state index in [2.05, 4.69) is 9.97 Å².